The highest BCUT2D eigenvalue weighted by molar-refractivity contribution is 5.47. The molecule has 0 amide bonds. The van der Waals surface area contributed by atoms with Crippen molar-refractivity contribution in [1.82, 2.24) is 4.90 Å². The topological polar surface area (TPSA) is 32.5 Å². The number of rotatable bonds is 4. The number of para-hydroxylation sites is 1. The van der Waals surface area contributed by atoms with Gasteiger partial charge in [-0.3, -0.25) is 4.90 Å². The van der Waals surface area contributed by atoms with Crippen LogP contribution in [0.2, 0.25) is 0 Å². The van der Waals surface area contributed by atoms with Crippen LogP contribution in [0.15, 0.2) is 24.3 Å². The molecule has 0 saturated carbocycles. The SMILES string of the molecule is CC(CN)C(C)N1CCN(c2ccccc2F)CC1. The lowest BCUT2D eigenvalue weighted by atomic mass is 10.0. The zero-order valence-electron chi connectivity index (χ0n) is 11.8. The summed E-state index contributed by atoms with van der Waals surface area (Å²) in [5.74, 6) is 0.374. The van der Waals surface area contributed by atoms with Crippen molar-refractivity contribution >= 4 is 5.69 Å². The van der Waals surface area contributed by atoms with E-state index in [1.54, 1.807) is 6.07 Å². The Labute approximate surface area is 115 Å². The lowest BCUT2D eigenvalue weighted by Crippen LogP contribution is -2.52. The highest BCUT2D eigenvalue weighted by Crippen LogP contribution is 2.21. The van der Waals surface area contributed by atoms with Gasteiger partial charge < -0.3 is 10.6 Å². The predicted molar refractivity (Wildman–Crippen MR) is 77.9 cm³/mol. The molecule has 0 spiro atoms. The molecule has 3 nitrogen and oxygen atoms in total. The Morgan fingerprint density at radius 3 is 2.37 bits per heavy atom. The molecule has 1 aliphatic heterocycles. The van der Waals surface area contributed by atoms with E-state index in [1.165, 1.54) is 6.07 Å². The molecule has 19 heavy (non-hydrogen) atoms. The maximum absolute atomic E-state index is 13.7. The van der Waals surface area contributed by atoms with Crippen LogP contribution in [0.25, 0.3) is 0 Å². The Bertz CT molecular complexity index is 402. The van der Waals surface area contributed by atoms with Gasteiger partial charge in [0.05, 0.1) is 5.69 Å². The molecule has 1 aromatic carbocycles. The molecule has 106 valence electrons. The molecule has 1 fully saturated rings. The summed E-state index contributed by atoms with van der Waals surface area (Å²) in [6.45, 7) is 8.84. The predicted octanol–water partition coefficient (Wildman–Crippen LogP) is 1.93. The molecule has 1 saturated heterocycles. The van der Waals surface area contributed by atoms with Gasteiger partial charge in [-0.2, -0.15) is 0 Å². The molecule has 1 aliphatic rings. The van der Waals surface area contributed by atoms with E-state index in [0.29, 0.717) is 18.5 Å². The summed E-state index contributed by atoms with van der Waals surface area (Å²) in [5, 5.41) is 0. The summed E-state index contributed by atoms with van der Waals surface area (Å²) in [7, 11) is 0. The number of hydrogen-bond donors (Lipinski definition) is 1. The molecule has 1 heterocycles. The van der Waals surface area contributed by atoms with Gasteiger partial charge in [-0.15, -0.1) is 0 Å². The van der Waals surface area contributed by atoms with Crippen molar-refractivity contribution in [3.8, 4) is 0 Å². The Balaban J connectivity index is 1.94. The van der Waals surface area contributed by atoms with Gasteiger partial charge in [-0.05, 0) is 31.5 Å². The molecule has 2 unspecified atom stereocenters. The van der Waals surface area contributed by atoms with Crippen molar-refractivity contribution in [2.45, 2.75) is 19.9 Å². The Morgan fingerprint density at radius 1 is 1.16 bits per heavy atom. The van der Waals surface area contributed by atoms with Crippen LogP contribution >= 0.6 is 0 Å². The van der Waals surface area contributed by atoms with Crippen molar-refractivity contribution < 1.29 is 4.39 Å². The van der Waals surface area contributed by atoms with Gasteiger partial charge in [0.25, 0.3) is 0 Å². The van der Waals surface area contributed by atoms with Crippen LogP contribution in [-0.2, 0) is 0 Å². The molecule has 2 N–H and O–H groups in total. The summed E-state index contributed by atoms with van der Waals surface area (Å²) >= 11 is 0. The number of hydrogen-bond acceptors (Lipinski definition) is 3. The van der Waals surface area contributed by atoms with Gasteiger partial charge in [0, 0.05) is 32.2 Å². The lowest BCUT2D eigenvalue weighted by molar-refractivity contribution is 0.155. The first-order chi connectivity index (χ1) is 9.13. The number of benzene rings is 1. The second-order valence-electron chi connectivity index (χ2n) is 5.43. The second-order valence-corrected chi connectivity index (χ2v) is 5.43. The van der Waals surface area contributed by atoms with Gasteiger partial charge in [0.15, 0.2) is 0 Å². The largest absolute Gasteiger partial charge is 0.367 e. The van der Waals surface area contributed by atoms with Gasteiger partial charge in [0.2, 0.25) is 0 Å². The maximum atomic E-state index is 13.7. The fourth-order valence-electron chi connectivity index (χ4n) is 2.64. The third-order valence-corrected chi connectivity index (χ3v) is 4.28. The summed E-state index contributed by atoms with van der Waals surface area (Å²) in [6.07, 6.45) is 0. The fraction of sp³-hybridized carbons (Fsp3) is 0.600. The summed E-state index contributed by atoms with van der Waals surface area (Å²) in [4.78, 5) is 4.58. The van der Waals surface area contributed by atoms with Crippen molar-refractivity contribution in [3.63, 3.8) is 0 Å². The number of piperazine rings is 1. The first-order valence-corrected chi connectivity index (χ1v) is 7.07. The van der Waals surface area contributed by atoms with E-state index in [4.69, 9.17) is 5.73 Å². The Morgan fingerprint density at radius 2 is 1.79 bits per heavy atom. The molecule has 0 aromatic heterocycles. The highest BCUT2D eigenvalue weighted by Gasteiger charge is 2.24. The van der Waals surface area contributed by atoms with Gasteiger partial charge in [0.1, 0.15) is 5.82 Å². The minimum absolute atomic E-state index is 0.126. The zero-order valence-corrected chi connectivity index (χ0v) is 11.8. The van der Waals surface area contributed by atoms with E-state index < -0.39 is 0 Å². The normalized spacial score (nSPS) is 20.3. The Hall–Kier alpha value is -1.13. The molecule has 0 bridgehead atoms. The van der Waals surface area contributed by atoms with Crippen molar-refractivity contribution in [2.75, 3.05) is 37.6 Å². The number of halogens is 1. The number of nitrogens with zero attached hydrogens (tertiary/aromatic N) is 2. The average Bonchev–Trinajstić information content (AvgIpc) is 2.46. The van der Waals surface area contributed by atoms with Gasteiger partial charge in [-0.25, -0.2) is 4.39 Å². The van der Waals surface area contributed by atoms with Crippen LogP contribution in [0.4, 0.5) is 10.1 Å². The third kappa shape index (κ3) is 3.25. The van der Waals surface area contributed by atoms with Crippen LogP contribution in [0.3, 0.4) is 0 Å². The van der Waals surface area contributed by atoms with Gasteiger partial charge >= 0.3 is 0 Å². The third-order valence-electron chi connectivity index (χ3n) is 4.28. The molecule has 1 aromatic rings. The van der Waals surface area contributed by atoms with Gasteiger partial charge in [-0.1, -0.05) is 19.1 Å². The van der Waals surface area contributed by atoms with Crippen LogP contribution in [0.1, 0.15) is 13.8 Å². The first-order valence-electron chi connectivity index (χ1n) is 7.07. The van der Waals surface area contributed by atoms with Crippen LogP contribution in [0.5, 0.6) is 0 Å². The van der Waals surface area contributed by atoms with Crippen molar-refractivity contribution in [1.29, 1.82) is 0 Å². The minimum Gasteiger partial charge on any atom is -0.367 e. The van der Waals surface area contributed by atoms with E-state index >= 15 is 0 Å². The van der Waals surface area contributed by atoms with E-state index in [2.05, 4.69) is 23.6 Å². The minimum atomic E-state index is -0.126. The van der Waals surface area contributed by atoms with E-state index in [0.717, 1.165) is 31.9 Å². The zero-order chi connectivity index (χ0) is 13.8. The highest BCUT2D eigenvalue weighted by atomic mass is 19.1. The van der Waals surface area contributed by atoms with E-state index in [1.807, 2.05) is 12.1 Å². The molecule has 2 rings (SSSR count). The quantitative estimate of drug-likeness (QED) is 0.903. The lowest BCUT2D eigenvalue weighted by Gasteiger charge is -2.40. The molecule has 2 atom stereocenters. The fourth-order valence-corrected chi connectivity index (χ4v) is 2.64. The molecule has 0 aliphatic carbocycles. The Kier molecular flexibility index (Phi) is 4.77. The van der Waals surface area contributed by atoms with Crippen molar-refractivity contribution in [2.24, 2.45) is 11.7 Å². The van der Waals surface area contributed by atoms with E-state index in [9.17, 15) is 4.39 Å². The summed E-state index contributed by atoms with van der Waals surface area (Å²) < 4.78 is 13.7. The van der Waals surface area contributed by atoms with Crippen LogP contribution in [0, 0.1) is 11.7 Å². The maximum Gasteiger partial charge on any atom is 0.146 e. The number of anilines is 1. The monoisotopic (exact) mass is 265 g/mol. The first kappa shape index (κ1) is 14.3. The van der Waals surface area contributed by atoms with Crippen molar-refractivity contribution in [3.05, 3.63) is 30.1 Å². The molecular weight excluding hydrogens is 241 g/mol. The summed E-state index contributed by atoms with van der Waals surface area (Å²) in [6, 6.07) is 7.51. The van der Waals surface area contributed by atoms with Crippen LogP contribution < -0.4 is 10.6 Å². The number of nitrogens with two attached hydrogens (primary N) is 1. The molecular formula is C15H24FN3. The second kappa shape index (κ2) is 6.35. The standard InChI is InChI=1S/C15H24FN3/c1-12(11-17)13(2)18-7-9-19(10-8-18)15-6-4-3-5-14(15)16/h3-6,12-13H,7-11,17H2,1-2H3. The van der Waals surface area contributed by atoms with Crippen LogP contribution in [-0.4, -0.2) is 43.7 Å². The molecule has 0 radical (unpaired) electrons. The smallest absolute Gasteiger partial charge is 0.146 e. The molecule has 4 heteroatoms. The average molecular weight is 265 g/mol. The summed E-state index contributed by atoms with van der Waals surface area (Å²) in [5.41, 5.74) is 6.45. The van der Waals surface area contributed by atoms with E-state index in [-0.39, 0.29) is 5.82 Å².